The summed E-state index contributed by atoms with van der Waals surface area (Å²) in [5, 5.41) is 11.7. The van der Waals surface area contributed by atoms with Crippen molar-refractivity contribution in [2.75, 3.05) is 24.7 Å². The number of nitrogens with one attached hydrogen (secondary N) is 1. The standard InChI is InChI=1S/C13H14N2O5/c16-6-10-5-15(13(18)20-10)9-3-1-8(2-4-9)12-14-11(17)7-19-12/h1-4,10,12,16H,5-7H2,(H,14,17). The Bertz CT molecular complexity index is 530. The van der Waals surface area contributed by atoms with Gasteiger partial charge in [-0.25, -0.2) is 4.79 Å². The number of aliphatic hydroxyl groups excluding tert-OH is 1. The minimum atomic E-state index is -0.486. The van der Waals surface area contributed by atoms with Crippen LogP contribution in [0.1, 0.15) is 11.8 Å². The quantitative estimate of drug-likeness (QED) is 0.821. The fourth-order valence-corrected chi connectivity index (χ4v) is 2.22. The van der Waals surface area contributed by atoms with E-state index in [0.29, 0.717) is 12.2 Å². The first kappa shape index (κ1) is 12.9. The van der Waals surface area contributed by atoms with Gasteiger partial charge in [-0.05, 0) is 12.1 Å². The van der Waals surface area contributed by atoms with Crippen molar-refractivity contribution >= 4 is 17.7 Å². The van der Waals surface area contributed by atoms with Crippen molar-refractivity contribution in [3.05, 3.63) is 29.8 Å². The largest absolute Gasteiger partial charge is 0.441 e. The van der Waals surface area contributed by atoms with Crippen LogP contribution in [0.5, 0.6) is 0 Å². The highest BCUT2D eigenvalue weighted by molar-refractivity contribution is 5.89. The first-order chi connectivity index (χ1) is 9.67. The average Bonchev–Trinajstić information content (AvgIpc) is 3.05. The maximum atomic E-state index is 11.6. The van der Waals surface area contributed by atoms with E-state index in [2.05, 4.69) is 5.32 Å². The van der Waals surface area contributed by atoms with Crippen LogP contribution in [0.3, 0.4) is 0 Å². The van der Waals surface area contributed by atoms with Crippen LogP contribution < -0.4 is 10.2 Å². The van der Waals surface area contributed by atoms with Crippen LogP contribution in [-0.2, 0) is 14.3 Å². The summed E-state index contributed by atoms with van der Waals surface area (Å²) in [6.45, 7) is 0.191. The molecule has 106 valence electrons. The molecule has 0 spiro atoms. The van der Waals surface area contributed by atoms with E-state index in [1.165, 1.54) is 4.90 Å². The molecule has 0 radical (unpaired) electrons. The van der Waals surface area contributed by atoms with Gasteiger partial charge in [-0.1, -0.05) is 12.1 Å². The lowest BCUT2D eigenvalue weighted by atomic mass is 10.1. The lowest BCUT2D eigenvalue weighted by Gasteiger charge is -2.15. The molecule has 7 heteroatoms. The molecule has 2 aliphatic rings. The van der Waals surface area contributed by atoms with Crippen LogP contribution in [0.2, 0.25) is 0 Å². The lowest BCUT2D eigenvalue weighted by Crippen LogP contribution is -2.25. The first-order valence-corrected chi connectivity index (χ1v) is 6.27. The molecule has 20 heavy (non-hydrogen) atoms. The van der Waals surface area contributed by atoms with E-state index in [1.807, 2.05) is 0 Å². The van der Waals surface area contributed by atoms with Gasteiger partial charge in [-0.15, -0.1) is 0 Å². The van der Waals surface area contributed by atoms with E-state index >= 15 is 0 Å². The molecule has 2 heterocycles. The fourth-order valence-electron chi connectivity index (χ4n) is 2.22. The second kappa shape index (κ2) is 5.10. The molecule has 0 saturated carbocycles. The highest BCUT2D eigenvalue weighted by atomic mass is 16.6. The molecule has 2 aliphatic heterocycles. The third-order valence-corrected chi connectivity index (χ3v) is 3.26. The van der Waals surface area contributed by atoms with Crippen LogP contribution in [0.4, 0.5) is 10.5 Å². The maximum absolute atomic E-state index is 11.6. The molecule has 7 nitrogen and oxygen atoms in total. The van der Waals surface area contributed by atoms with E-state index in [0.717, 1.165) is 5.56 Å². The number of hydrogen-bond acceptors (Lipinski definition) is 5. The fraction of sp³-hybridized carbons (Fsp3) is 0.385. The molecule has 2 unspecified atom stereocenters. The number of anilines is 1. The number of nitrogens with zero attached hydrogens (tertiary/aromatic N) is 1. The highest BCUT2D eigenvalue weighted by Gasteiger charge is 2.32. The van der Waals surface area contributed by atoms with Gasteiger partial charge < -0.3 is 19.9 Å². The predicted octanol–water partition coefficient (Wildman–Crippen LogP) is 0.149. The smallest absolute Gasteiger partial charge is 0.414 e. The summed E-state index contributed by atoms with van der Waals surface area (Å²) in [4.78, 5) is 24.2. The molecule has 3 rings (SSSR count). The number of carbonyl (C=O) groups excluding carboxylic acids is 2. The zero-order valence-corrected chi connectivity index (χ0v) is 10.6. The van der Waals surface area contributed by atoms with Gasteiger partial charge in [0.25, 0.3) is 0 Å². The SMILES string of the molecule is O=C1COC(c2ccc(N3CC(CO)OC3=O)cc2)N1. The van der Waals surface area contributed by atoms with Crippen molar-refractivity contribution in [2.45, 2.75) is 12.3 Å². The van der Waals surface area contributed by atoms with E-state index in [4.69, 9.17) is 14.6 Å². The molecule has 0 bridgehead atoms. The van der Waals surface area contributed by atoms with Crippen molar-refractivity contribution in [3.63, 3.8) is 0 Å². The number of ether oxygens (including phenoxy) is 2. The minimum absolute atomic E-state index is 0.0586. The first-order valence-electron chi connectivity index (χ1n) is 6.27. The number of cyclic esters (lactones) is 1. The van der Waals surface area contributed by atoms with Crippen molar-refractivity contribution in [1.82, 2.24) is 5.32 Å². The van der Waals surface area contributed by atoms with Gasteiger partial charge in [0.1, 0.15) is 12.7 Å². The topological polar surface area (TPSA) is 88.1 Å². The number of carbonyl (C=O) groups is 2. The lowest BCUT2D eigenvalue weighted by molar-refractivity contribution is -0.119. The van der Waals surface area contributed by atoms with E-state index in [1.54, 1.807) is 24.3 Å². The molecule has 1 aromatic rings. The number of benzene rings is 1. The Kier molecular flexibility index (Phi) is 3.29. The molecular formula is C13H14N2O5. The zero-order valence-electron chi connectivity index (χ0n) is 10.6. The van der Waals surface area contributed by atoms with Crippen molar-refractivity contribution in [2.24, 2.45) is 0 Å². The Hall–Kier alpha value is -2.12. The second-order valence-electron chi connectivity index (χ2n) is 4.65. The van der Waals surface area contributed by atoms with Gasteiger partial charge in [0.05, 0.1) is 13.2 Å². The minimum Gasteiger partial charge on any atom is -0.441 e. The Morgan fingerprint density at radius 2 is 2.05 bits per heavy atom. The van der Waals surface area contributed by atoms with Crippen molar-refractivity contribution < 1.29 is 24.2 Å². The van der Waals surface area contributed by atoms with E-state index in [-0.39, 0.29) is 19.1 Å². The molecule has 1 aromatic carbocycles. The summed E-state index contributed by atoms with van der Waals surface area (Å²) < 4.78 is 10.3. The Morgan fingerprint density at radius 3 is 2.60 bits per heavy atom. The summed E-state index contributed by atoms with van der Waals surface area (Å²) in [7, 11) is 0. The Balaban J connectivity index is 1.73. The molecular weight excluding hydrogens is 264 g/mol. The maximum Gasteiger partial charge on any atom is 0.414 e. The monoisotopic (exact) mass is 278 g/mol. The molecule has 0 aliphatic carbocycles. The summed E-state index contributed by atoms with van der Waals surface area (Å²) in [6, 6.07) is 7.07. The predicted molar refractivity (Wildman–Crippen MR) is 68.0 cm³/mol. The molecule has 2 fully saturated rings. The molecule has 2 saturated heterocycles. The second-order valence-corrected chi connectivity index (χ2v) is 4.65. The van der Waals surface area contributed by atoms with Crippen molar-refractivity contribution in [3.8, 4) is 0 Å². The summed E-state index contributed by atoms with van der Waals surface area (Å²) >= 11 is 0. The van der Waals surface area contributed by atoms with E-state index < -0.39 is 18.4 Å². The van der Waals surface area contributed by atoms with Gasteiger partial charge >= 0.3 is 6.09 Å². The molecule has 0 aromatic heterocycles. The van der Waals surface area contributed by atoms with Gasteiger partial charge in [-0.3, -0.25) is 9.69 Å². The highest BCUT2D eigenvalue weighted by Crippen LogP contribution is 2.25. The molecule has 2 N–H and O–H groups in total. The molecule has 2 amide bonds. The number of rotatable bonds is 3. The zero-order chi connectivity index (χ0) is 14.1. The van der Waals surface area contributed by atoms with Gasteiger partial charge in [0.15, 0.2) is 6.23 Å². The third kappa shape index (κ3) is 2.33. The van der Waals surface area contributed by atoms with Gasteiger partial charge in [0, 0.05) is 11.3 Å². The van der Waals surface area contributed by atoms with Crippen LogP contribution in [0.25, 0.3) is 0 Å². The normalized spacial score (nSPS) is 25.8. The van der Waals surface area contributed by atoms with E-state index in [9.17, 15) is 9.59 Å². The average molecular weight is 278 g/mol. The number of aliphatic hydroxyl groups is 1. The Labute approximate surface area is 115 Å². The summed E-state index contributed by atoms with van der Waals surface area (Å²) in [5.41, 5.74) is 1.49. The van der Waals surface area contributed by atoms with Crippen molar-refractivity contribution in [1.29, 1.82) is 0 Å². The van der Waals surface area contributed by atoms with Crippen LogP contribution in [0.15, 0.2) is 24.3 Å². The third-order valence-electron chi connectivity index (χ3n) is 3.26. The molecule has 2 atom stereocenters. The number of hydrogen-bond donors (Lipinski definition) is 2. The van der Waals surface area contributed by atoms with Gasteiger partial charge in [-0.2, -0.15) is 0 Å². The van der Waals surface area contributed by atoms with Gasteiger partial charge in [0.2, 0.25) is 5.91 Å². The van der Waals surface area contributed by atoms with Crippen LogP contribution >= 0.6 is 0 Å². The summed E-state index contributed by atoms with van der Waals surface area (Å²) in [6.07, 6.45) is -1.39. The Morgan fingerprint density at radius 1 is 1.30 bits per heavy atom. The van der Waals surface area contributed by atoms with Crippen LogP contribution in [-0.4, -0.2) is 43.0 Å². The number of amides is 2. The summed E-state index contributed by atoms with van der Waals surface area (Å²) in [5.74, 6) is -0.145. The van der Waals surface area contributed by atoms with Crippen LogP contribution in [0, 0.1) is 0 Å².